The molecule has 0 aliphatic rings. The smallest absolute Gasteiger partial charge is 0.261 e. The van der Waals surface area contributed by atoms with Gasteiger partial charge in [-0.25, -0.2) is 0 Å². The Labute approximate surface area is 184 Å². The standard InChI is InChI=1S/C24H32N2O5/c1-6-17(2)25-24(28)18(3)26(15-19-7-9-20(29-4)10-8-19)23(27)16-31-22-13-11-21(30-5)12-14-22/h7-14,17-18H,6,15-16H2,1-5H3,(H,25,28)/t17-,18-/m1/s1. The second-order valence-corrected chi connectivity index (χ2v) is 7.33. The fourth-order valence-electron chi connectivity index (χ4n) is 2.88. The zero-order chi connectivity index (χ0) is 22.8. The molecule has 7 nitrogen and oxygen atoms in total. The van der Waals surface area contributed by atoms with E-state index in [4.69, 9.17) is 14.2 Å². The molecule has 168 valence electrons. The first kappa shape index (κ1) is 24.1. The molecule has 2 amide bonds. The molecule has 0 aliphatic heterocycles. The normalized spacial score (nSPS) is 12.4. The largest absolute Gasteiger partial charge is 0.497 e. The number of amides is 2. The van der Waals surface area contributed by atoms with Gasteiger partial charge in [-0.3, -0.25) is 9.59 Å². The van der Waals surface area contributed by atoms with Gasteiger partial charge in [-0.2, -0.15) is 0 Å². The van der Waals surface area contributed by atoms with Crippen molar-refractivity contribution in [3.63, 3.8) is 0 Å². The molecule has 0 unspecified atom stereocenters. The highest BCUT2D eigenvalue weighted by Crippen LogP contribution is 2.18. The summed E-state index contributed by atoms with van der Waals surface area (Å²) < 4.78 is 16.0. The lowest BCUT2D eigenvalue weighted by Gasteiger charge is -2.29. The van der Waals surface area contributed by atoms with Crippen LogP contribution in [-0.2, 0) is 16.1 Å². The van der Waals surface area contributed by atoms with Crippen LogP contribution in [0.25, 0.3) is 0 Å². The van der Waals surface area contributed by atoms with Gasteiger partial charge in [-0.05, 0) is 62.2 Å². The predicted molar refractivity (Wildman–Crippen MR) is 119 cm³/mol. The molecular weight excluding hydrogens is 396 g/mol. The van der Waals surface area contributed by atoms with Gasteiger partial charge in [-0.1, -0.05) is 19.1 Å². The summed E-state index contributed by atoms with van der Waals surface area (Å²) in [7, 11) is 3.19. The lowest BCUT2D eigenvalue weighted by Crippen LogP contribution is -2.50. The van der Waals surface area contributed by atoms with Crippen molar-refractivity contribution in [2.24, 2.45) is 0 Å². The molecule has 0 saturated carbocycles. The number of hydrogen-bond acceptors (Lipinski definition) is 5. The molecule has 2 aromatic carbocycles. The summed E-state index contributed by atoms with van der Waals surface area (Å²) in [6.07, 6.45) is 0.811. The van der Waals surface area contributed by atoms with E-state index in [1.807, 2.05) is 38.1 Å². The number of carbonyl (C=O) groups excluding carboxylic acids is 2. The summed E-state index contributed by atoms with van der Waals surface area (Å²) in [6, 6.07) is 13.8. The number of carbonyl (C=O) groups is 2. The van der Waals surface area contributed by atoms with Crippen LogP contribution < -0.4 is 19.5 Å². The maximum absolute atomic E-state index is 13.0. The second kappa shape index (κ2) is 11.8. The van der Waals surface area contributed by atoms with E-state index in [0.29, 0.717) is 11.5 Å². The quantitative estimate of drug-likeness (QED) is 0.594. The molecule has 2 aromatic rings. The molecule has 0 heterocycles. The van der Waals surface area contributed by atoms with E-state index in [1.165, 1.54) is 4.90 Å². The van der Waals surface area contributed by atoms with Crippen molar-refractivity contribution in [2.45, 2.75) is 45.8 Å². The second-order valence-electron chi connectivity index (χ2n) is 7.33. The van der Waals surface area contributed by atoms with Crippen molar-refractivity contribution in [1.29, 1.82) is 0 Å². The average molecular weight is 429 g/mol. The van der Waals surface area contributed by atoms with Gasteiger partial charge in [0.15, 0.2) is 6.61 Å². The van der Waals surface area contributed by atoms with Gasteiger partial charge in [0.25, 0.3) is 5.91 Å². The van der Waals surface area contributed by atoms with Gasteiger partial charge in [-0.15, -0.1) is 0 Å². The summed E-state index contributed by atoms with van der Waals surface area (Å²) in [5.41, 5.74) is 0.891. The number of hydrogen-bond donors (Lipinski definition) is 1. The third-order valence-corrected chi connectivity index (χ3v) is 5.10. The summed E-state index contributed by atoms with van der Waals surface area (Å²) >= 11 is 0. The Morgan fingerprint density at radius 2 is 1.42 bits per heavy atom. The molecular formula is C24H32N2O5. The summed E-state index contributed by atoms with van der Waals surface area (Å²) in [4.78, 5) is 27.3. The Kier molecular flexibility index (Phi) is 9.18. The Bertz CT molecular complexity index is 836. The summed E-state index contributed by atoms with van der Waals surface area (Å²) in [5.74, 6) is 1.51. The van der Waals surface area contributed by atoms with Gasteiger partial charge in [0.1, 0.15) is 23.3 Å². The molecule has 0 radical (unpaired) electrons. The minimum Gasteiger partial charge on any atom is -0.497 e. The highest BCUT2D eigenvalue weighted by molar-refractivity contribution is 5.88. The minimum atomic E-state index is -0.650. The number of methoxy groups -OCH3 is 2. The number of benzene rings is 2. The van der Waals surface area contributed by atoms with Crippen LogP contribution in [0.1, 0.15) is 32.8 Å². The molecule has 31 heavy (non-hydrogen) atoms. The van der Waals surface area contributed by atoms with Crippen LogP contribution in [0.2, 0.25) is 0 Å². The van der Waals surface area contributed by atoms with Crippen molar-refractivity contribution in [1.82, 2.24) is 10.2 Å². The van der Waals surface area contributed by atoms with Crippen LogP contribution in [0.3, 0.4) is 0 Å². The van der Waals surface area contributed by atoms with Crippen LogP contribution in [0.4, 0.5) is 0 Å². The van der Waals surface area contributed by atoms with E-state index < -0.39 is 6.04 Å². The van der Waals surface area contributed by atoms with Crippen LogP contribution in [0.15, 0.2) is 48.5 Å². The molecule has 0 saturated heterocycles. The van der Waals surface area contributed by atoms with Gasteiger partial charge in [0.2, 0.25) is 5.91 Å². The Balaban J connectivity index is 2.13. The van der Waals surface area contributed by atoms with Crippen molar-refractivity contribution in [2.75, 3.05) is 20.8 Å². The first-order valence-electron chi connectivity index (χ1n) is 10.4. The monoisotopic (exact) mass is 428 g/mol. The molecule has 1 N–H and O–H groups in total. The van der Waals surface area contributed by atoms with Gasteiger partial charge in [0.05, 0.1) is 14.2 Å². The zero-order valence-electron chi connectivity index (χ0n) is 18.9. The first-order valence-corrected chi connectivity index (χ1v) is 10.4. The molecule has 0 aliphatic carbocycles. The van der Waals surface area contributed by atoms with E-state index in [9.17, 15) is 9.59 Å². The van der Waals surface area contributed by atoms with Crippen LogP contribution in [0.5, 0.6) is 17.2 Å². The van der Waals surface area contributed by atoms with Crippen molar-refractivity contribution >= 4 is 11.8 Å². The number of nitrogens with zero attached hydrogens (tertiary/aromatic N) is 1. The maximum atomic E-state index is 13.0. The van der Waals surface area contributed by atoms with Crippen molar-refractivity contribution in [3.05, 3.63) is 54.1 Å². The van der Waals surface area contributed by atoms with Gasteiger partial charge in [0, 0.05) is 12.6 Å². The summed E-state index contributed by atoms with van der Waals surface area (Å²) in [6.45, 7) is 5.77. The Morgan fingerprint density at radius 3 is 1.94 bits per heavy atom. The molecule has 2 rings (SSSR count). The topological polar surface area (TPSA) is 77.1 Å². The molecule has 2 atom stereocenters. The van der Waals surface area contributed by atoms with E-state index >= 15 is 0 Å². The Hall–Kier alpha value is -3.22. The van der Waals surface area contributed by atoms with Crippen LogP contribution >= 0.6 is 0 Å². The highest BCUT2D eigenvalue weighted by atomic mass is 16.5. The van der Waals surface area contributed by atoms with Crippen LogP contribution in [-0.4, -0.2) is 49.6 Å². The number of nitrogens with one attached hydrogen (secondary N) is 1. The fourth-order valence-corrected chi connectivity index (χ4v) is 2.88. The molecule has 7 heteroatoms. The maximum Gasteiger partial charge on any atom is 0.261 e. The average Bonchev–Trinajstić information content (AvgIpc) is 2.81. The molecule has 0 fully saturated rings. The van der Waals surface area contributed by atoms with Crippen molar-refractivity contribution < 1.29 is 23.8 Å². The van der Waals surface area contributed by atoms with Crippen molar-refractivity contribution in [3.8, 4) is 17.2 Å². The molecule has 0 aromatic heterocycles. The fraction of sp³-hybridized carbons (Fsp3) is 0.417. The number of rotatable bonds is 11. The number of ether oxygens (including phenoxy) is 3. The molecule has 0 spiro atoms. The lowest BCUT2D eigenvalue weighted by atomic mass is 10.1. The van der Waals surface area contributed by atoms with E-state index in [2.05, 4.69) is 5.32 Å². The zero-order valence-corrected chi connectivity index (χ0v) is 18.9. The van der Waals surface area contributed by atoms with Crippen LogP contribution in [0, 0.1) is 0 Å². The Morgan fingerprint density at radius 1 is 0.903 bits per heavy atom. The van der Waals surface area contributed by atoms with Gasteiger partial charge < -0.3 is 24.4 Å². The summed E-state index contributed by atoms with van der Waals surface area (Å²) in [5, 5.41) is 2.95. The predicted octanol–water partition coefficient (Wildman–Crippen LogP) is 3.41. The lowest BCUT2D eigenvalue weighted by molar-refractivity contribution is -0.142. The van der Waals surface area contributed by atoms with E-state index in [-0.39, 0.29) is 31.0 Å². The minimum absolute atomic E-state index is 0.0310. The third kappa shape index (κ3) is 7.20. The van der Waals surface area contributed by atoms with E-state index in [0.717, 1.165) is 17.7 Å². The van der Waals surface area contributed by atoms with Gasteiger partial charge >= 0.3 is 0 Å². The molecule has 0 bridgehead atoms. The third-order valence-electron chi connectivity index (χ3n) is 5.10. The van der Waals surface area contributed by atoms with E-state index in [1.54, 1.807) is 45.4 Å². The highest BCUT2D eigenvalue weighted by Gasteiger charge is 2.27. The SMILES string of the molecule is CC[C@@H](C)NC(=O)[C@@H](C)N(Cc1ccc(OC)cc1)C(=O)COc1ccc(OC)cc1. The first-order chi connectivity index (χ1) is 14.9.